The standard InChI is InChI=1S/C12H12BrClN2O5/c1-6-2-7(13)9(3-8(6)14)15-12(21)16(4-10(17)18)5-11(19)20/h2-3H,4-5H2,1H3,(H,15,21)(H,17,18)(H,19,20). The van der Waals surface area contributed by atoms with E-state index in [1.54, 1.807) is 13.0 Å². The second-order valence-electron chi connectivity index (χ2n) is 4.15. The number of hydrogen-bond donors (Lipinski definition) is 3. The summed E-state index contributed by atoms with van der Waals surface area (Å²) in [5, 5.41) is 20.2. The van der Waals surface area contributed by atoms with Gasteiger partial charge in [-0.05, 0) is 40.5 Å². The highest BCUT2D eigenvalue weighted by Crippen LogP contribution is 2.29. The molecular formula is C12H12BrClN2O5. The highest BCUT2D eigenvalue weighted by atomic mass is 79.9. The third-order valence-corrected chi connectivity index (χ3v) is 3.49. The average molecular weight is 380 g/mol. The number of anilines is 1. The van der Waals surface area contributed by atoms with Crippen molar-refractivity contribution in [2.45, 2.75) is 6.92 Å². The molecule has 0 aliphatic carbocycles. The molecule has 0 spiro atoms. The van der Waals surface area contributed by atoms with E-state index in [-0.39, 0.29) is 0 Å². The van der Waals surface area contributed by atoms with Gasteiger partial charge in [0.15, 0.2) is 0 Å². The molecule has 21 heavy (non-hydrogen) atoms. The molecule has 114 valence electrons. The summed E-state index contributed by atoms with van der Waals surface area (Å²) in [5.74, 6) is -2.63. The van der Waals surface area contributed by atoms with E-state index in [9.17, 15) is 14.4 Å². The van der Waals surface area contributed by atoms with Gasteiger partial charge in [0.2, 0.25) is 0 Å². The lowest BCUT2D eigenvalue weighted by Gasteiger charge is -2.19. The molecule has 0 radical (unpaired) electrons. The Morgan fingerprint density at radius 1 is 1.24 bits per heavy atom. The van der Waals surface area contributed by atoms with E-state index in [1.165, 1.54) is 6.07 Å². The first-order chi connectivity index (χ1) is 9.70. The number of urea groups is 1. The van der Waals surface area contributed by atoms with E-state index >= 15 is 0 Å². The number of rotatable bonds is 5. The summed E-state index contributed by atoms with van der Waals surface area (Å²) in [6.45, 7) is 0.324. The fourth-order valence-electron chi connectivity index (χ4n) is 1.46. The summed E-state index contributed by atoms with van der Waals surface area (Å²) in [5.41, 5.74) is 1.10. The monoisotopic (exact) mass is 378 g/mol. The van der Waals surface area contributed by atoms with E-state index in [0.717, 1.165) is 5.56 Å². The van der Waals surface area contributed by atoms with Gasteiger partial charge < -0.3 is 20.4 Å². The molecule has 0 bridgehead atoms. The first-order valence-corrected chi connectivity index (χ1v) is 6.83. The van der Waals surface area contributed by atoms with Crippen LogP contribution in [0.1, 0.15) is 5.56 Å². The van der Waals surface area contributed by atoms with Crippen LogP contribution in [0.25, 0.3) is 0 Å². The molecule has 0 atom stereocenters. The molecule has 0 aliphatic heterocycles. The minimum atomic E-state index is -1.31. The Morgan fingerprint density at radius 3 is 2.24 bits per heavy atom. The van der Waals surface area contributed by atoms with Crippen LogP contribution in [-0.4, -0.2) is 46.2 Å². The van der Waals surface area contributed by atoms with Crippen molar-refractivity contribution in [2.75, 3.05) is 18.4 Å². The quantitative estimate of drug-likeness (QED) is 0.728. The van der Waals surface area contributed by atoms with E-state index in [1.807, 2.05) is 0 Å². The Morgan fingerprint density at radius 2 is 1.76 bits per heavy atom. The number of aliphatic carboxylic acids is 2. The lowest BCUT2D eigenvalue weighted by atomic mass is 10.2. The highest BCUT2D eigenvalue weighted by molar-refractivity contribution is 9.10. The molecule has 0 fully saturated rings. The minimum absolute atomic E-state index is 0.316. The maximum absolute atomic E-state index is 12.0. The third kappa shape index (κ3) is 5.24. The zero-order chi connectivity index (χ0) is 16.2. The molecule has 1 aromatic rings. The molecule has 1 aromatic carbocycles. The van der Waals surface area contributed by atoms with Crippen LogP contribution in [0, 0.1) is 6.92 Å². The summed E-state index contributed by atoms with van der Waals surface area (Å²) in [6.07, 6.45) is 0. The van der Waals surface area contributed by atoms with Crippen molar-refractivity contribution in [1.82, 2.24) is 4.90 Å². The fourth-order valence-corrected chi connectivity index (χ4v) is 2.18. The van der Waals surface area contributed by atoms with Crippen LogP contribution in [0.2, 0.25) is 5.02 Å². The largest absolute Gasteiger partial charge is 0.480 e. The molecule has 9 heteroatoms. The average Bonchev–Trinajstić information content (AvgIpc) is 2.33. The first kappa shape index (κ1) is 17.3. The lowest BCUT2D eigenvalue weighted by molar-refractivity contribution is -0.140. The Balaban J connectivity index is 2.93. The maximum Gasteiger partial charge on any atom is 0.323 e. The summed E-state index contributed by atoms with van der Waals surface area (Å²) in [4.78, 5) is 34.0. The van der Waals surface area contributed by atoms with Gasteiger partial charge in [-0.3, -0.25) is 9.59 Å². The predicted molar refractivity (Wildman–Crippen MR) is 79.8 cm³/mol. The van der Waals surface area contributed by atoms with Crippen LogP contribution in [0.5, 0.6) is 0 Å². The summed E-state index contributed by atoms with van der Waals surface area (Å²) in [7, 11) is 0. The Labute approximate surface area is 133 Å². The van der Waals surface area contributed by atoms with E-state index in [0.29, 0.717) is 20.1 Å². The Bertz CT molecular complexity index is 577. The zero-order valence-electron chi connectivity index (χ0n) is 10.9. The first-order valence-electron chi connectivity index (χ1n) is 5.66. The smallest absolute Gasteiger partial charge is 0.323 e. The molecule has 7 nitrogen and oxygen atoms in total. The SMILES string of the molecule is Cc1cc(Br)c(NC(=O)N(CC(=O)O)CC(=O)O)cc1Cl. The summed E-state index contributed by atoms with van der Waals surface area (Å²) < 4.78 is 0.545. The summed E-state index contributed by atoms with van der Waals surface area (Å²) >= 11 is 9.18. The van der Waals surface area contributed by atoms with Crippen LogP contribution >= 0.6 is 27.5 Å². The van der Waals surface area contributed by atoms with Gasteiger partial charge in [0.1, 0.15) is 13.1 Å². The number of nitrogens with one attached hydrogen (secondary N) is 1. The zero-order valence-corrected chi connectivity index (χ0v) is 13.2. The van der Waals surface area contributed by atoms with Gasteiger partial charge in [-0.2, -0.15) is 0 Å². The molecule has 0 heterocycles. The van der Waals surface area contributed by atoms with Crippen molar-refractivity contribution in [1.29, 1.82) is 0 Å². The Kier molecular flexibility index (Phi) is 5.98. The van der Waals surface area contributed by atoms with Crippen LogP contribution < -0.4 is 5.32 Å². The third-order valence-electron chi connectivity index (χ3n) is 2.43. The molecule has 1 rings (SSSR count). The van der Waals surface area contributed by atoms with Gasteiger partial charge >= 0.3 is 18.0 Å². The second-order valence-corrected chi connectivity index (χ2v) is 5.42. The van der Waals surface area contributed by atoms with E-state index in [2.05, 4.69) is 21.2 Å². The van der Waals surface area contributed by atoms with E-state index < -0.39 is 31.1 Å². The molecular weight excluding hydrogens is 367 g/mol. The maximum atomic E-state index is 12.0. The molecule has 0 saturated carbocycles. The molecule has 2 amide bonds. The number of benzene rings is 1. The van der Waals surface area contributed by atoms with Gasteiger partial charge in [0, 0.05) is 9.50 Å². The van der Waals surface area contributed by atoms with Crippen molar-refractivity contribution in [3.8, 4) is 0 Å². The molecule has 0 aromatic heterocycles. The van der Waals surface area contributed by atoms with E-state index in [4.69, 9.17) is 21.8 Å². The number of carboxylic acids is 2. The number of carbonyl (C=O) groups is 3. The highest BCUT2D eigenvalue weighted by Gasteiger charge is 2.20. The molecule has 0 unspecified atom stereocenters. The van der Waals surface area contributed by atoms with Gasteiger partial charge in [0.25, 0.3) is 0 Å². The van der Waals surface area contributed by atoms with Crippen LogP contribution in [0.4, 0.5) is 10.5 Å². The number of carbonyl (C=O) groups excluding carboxylic acids is 1. The fraction of sp³-hybridized carbons (Fsp3) is 0.250. The van der Waals surface area contributed by atoms with Crippen LogP contribution in [0.15, 0.2) is 16.6 Å². The van der Waals surface area contributed by atoms with Crippen molar-refractivity contribution < 1.29 is 24.6 Å². The van der Waals surface area contributed by atoms with Gasteiger partial charge in [-0.25, -0.2) is 4.79 Å². The lowest BCUT2D eigenvalue weighted by Crippen LogP contribution is -2.42. The van der Waals surface area contributed by atoms with Crippen molar-refractivity contribution in [3.05, 3.63) is 27.2 Å². The van der Waals surface area contributed by atoms with Crippen molar-refractivity contribution >= 4 is 51.2 Å². The number of carboxylic acid groups (broad SMARTS) is 2. The molecule has 0 saturated heterocycles. The number of halogens is 2. The predicted octanol–water partition coefficient (Wildman–Crippen LogP) is 2.41. The number of aryl methyl sites for hydroxylation is 1. The number of amides is 2. The Hall–Kier alpha value is -1.80. The normalized spacial score (nSPS) is 10.0. The minimum Gasteiger partial charge on any atom is -0.480 e. The summed E-state index contributed by atoms with van der Waals surface area (Å²) in [6, 6.07) is 2.32. The van der Waals surface area contributed by atoms with Crippen LogP contribution in [0.3, 0.4) is 0 Å². The topological polar surface area (TPSA) is 107 Å². The van der Waals surface area contributed by atoms with Crippen LogP contribution in [-0.2, 0) is 9.59 Å². The van der Waals surface area contributed by atoms with Crippen molar-refractivity contribution in [3.63, 3.8) is 0 Å². The molecule has 0 aliphatic rings. The number of nitrogens with zero attached hydrogens (tertiary/aromatic N) is 1. The van der Waals surface area contributed by atoms with Crippen molar-refractivity contribution in [2.24, 2.45) is 0 Å². The van der Waals surface area contributed by atoms with Gasteiger partial charge in [-0.1, -0.05) is 11.6 Å². The second kappa shape index (κ2) is 7.28. The van der Waals surface area contributed by atoms with Gasteiger partial charge in [0.05, 0.1) is 5.69 Å². The number of hydrogen-bond acceptors (Lipinski definition) is 3. The van der Waals surface area contributed by atoms with Gasteiger partial charge in [-0.15, -0.1) is 0 Å². The molecule has 3 N–H and O–H groups in total.